The number of carbonyl (C=O) groups excluding carboxylic acids is 1. The third kappa shape index (κ3) is 7.98. The van der Waals surface area contributed by atoms with Crippen molar-refractivity contribution < 1.29 is 24.6 Å². The lowest BCUT2D eigenvalue weighted by atomic mass is 9.92. The third-order valence-corrected chi connectivity index (χ3v) is 6.65. The first kappa shape index (κ1) is 28.7. The van der Waals surface area contributed by atoms with Gasteiger partial charge in [-0.2, -0.15) is 11.8 Å². The van der Waals surface area contributed by atoms with Gasteiger partial charge >= 0.3 is 12.1 Å². The van der Waals surface area contributed by atoms with Crippen LogP contribution in [-0.2, 0) is 10.2 Å². The molecular formula is C24H39N5O5S. The zero-order valence-corrected chi connectivity index (χ0v) is 22.4. The van der Waals surface area contributed by atoms with Crippen LogP contribution >= 0.6 is 11.8 Å². The van der Waals surface area contributed by atoms with E-state index >= 15 is 0 Å². The monoisotopic (exact) mass is 509 g/mol. The van der Waals surface area contributed by atoms with Gasteiger partial charge in [-0.15, -0.1) is 0 Å². The van der Waals surface area contributed by atoms with E-state index in [0.717, 1.165) is 16.4 Å². The summed E-state index contributed by atoms with van der Waals surface area (Å²) in [5.41, 5.74) is -0.00658. The van der Waals surface area contributed by atoms with Gasteiger partial charge < -0.3 is 25.3 Å². The third-order valence-electron chi connectivity index (χ3n) is 5.74. The van der Waals surface area contributed by atoms with Crippen molar-refractivity contribution in [2.24, 2.45) is 11.8 Å². The van der Waals surface area contributed by atoms with E-state index < -0.39 is 24.0 Å². The minimum Gasteiger partial charge on any atom is -0.481 e. The highest BCUT2D eigenvalue weighted by Crippen LogP contribution is 2.27. The molecule has 11 heteroatoms. The van der Waals surface area contributed by atoms with Gasteiger partial charge in [-0.3, -0.25) is 9.59 Å². The number of rotatable bonds is 10. The number of nitrogens with one attached hydrogen (secondary N) is 1. The van der Waals surface area contributed by atoms with Crippen molar-refractivity contribution in [1.82, 2.24) is 19.8 Å². The summed E-state index contributed by atoms with van der Waals surface area (Å²) < 4.78 is 0. The molecule has 1 saturated heterocycles. The van der Waals surface area contributed by atoms with Crippen LogP contribution < -0.4 is 5.32 Å². The maximum Gasteiger partial charge on any atom is 0.407 e. The molecule has 10 nitrogen and oxygen atoms in total. The van der Waals surface area contributed by atoms with E-state index in [4.69, 9.17) is 0 Å². The molecule has 0 bridgehead atoms. The molecule has 2 amide bonds. The van der Waals surface area contributed by atoms with Crippen LogP contribution in [0.4, 0.5) is 10.6 Å². The first-order valence-electron chi connectivity index (χ1n) is 12.1. The molecule has 0 spiro atoms. The molecule has 0 unspecified atom stereocenters. The average Bonchev–Trinajstić information content (AvgIpc) is 2.78. The lowest BCUT2D eigenvalue weighted by molar-refractivity contribution is -0.144. The number of carboxylic acid groups (broad SMARTS) is 2. The Morgan fingerprint density at radius 2 is 1.94 bits per heavy atom. The second-order valence-electron chi connectivity index (χ2n) is 10.3. The quantitative estimate of drug-likeness (QED) is 0.405. The first-order valence-corrected chi connectivity index (χ1v) is 13.2. The molecule has 35 heavy (non-hydrogen) atoms. The van der Waals surface area contributed by atoms with Crippen molar-refractivity contribution in [3.05, 3.63) is 17.6 Å². The van der Waals surface area contributed by atoms with Gasteiger partial charge in [-0.05, 0) is 18.1 Å². The second-order valence-corrected chi connectivity index (χ2v) is 11.7. The topological polar surface area (TPSA) is 136 Å². The second kappa shape index (κ2) is 12.4. The number of thioether (sulfide) groups is 1. The summed E-state index contributed by atoms with van der Waals surface area (Å²) in [4.78, 5) is 49.2. The predicted octanol–water partition coefficient (Wildman–Crippen LogP) is 3.49. The highest BCUT2D eigenvalue weighted by molar-refractivity contribution is 7.99. The van der Waals surface area contributed by atoms with Crippen LogP contribution in [0.25, 0.3) is 0 Å². The van der Waals surface area contributed by atoms with Gasteiger partial charge in [0, 0.05) is 43.5 Å². The van der Waals surface area contributed by atoms with E-state index in [2.05, 4.69) is 22.2 Å². The molecule has 2 atom stereocenters. The van der Waals surface area contributed by atoms with Crippen LogP contribution in [0.2, 0.25) is 0 Å². The zero-order valence-electron chi connectivity index (χ0n) is 21.6. The molecule has 196 valence electrons. The standard InChI is InChI=1S/C24H39N5O5S/c1-7-35-9-8-25-19-18(11-26-22(27-19)24(4,5)6)20(30)29(12-15(2)3)17-10-16(21(31)32)13-28(14-17)23(33)34/h11,15-17H,7-10,12-14H2,1-6H3,(H,31,32)(H,33,34)(H,25,26,27)/t16-,17+/m1/s1. The van der Waals surface area contributed by atoms with Crippen LogP contribution in [0, 0.1) is 11.8 Å². The number of carbonyl (C=O) groups is 3. The molecular weight excluding hydrogens is 470 g/mol. The van der Waals surface area contributed by atoms with Crippen molar-refractivity contribution in [2.75, 3.05) is 43.0 Å². The average molecular weight is 510 g/mol. The molecule has 1 fully saturated rings. The summed E-state index contributed by atoms with van der Waals surface area (Å²) in [6.07, 6.45) is 0.533. The number of anilines is 1. The summed E-state index contributed by atoms with van der Waals surface area (Å²) in [6.45, 7) is 13.0. The number of hydrogen-bond donors (Lipinski definition) is 3. The number of hydrogen-bond acceptors (Lipinski definition) is 7. The van der Waals surface area contributed by atoms with Gasteiger partial charge in [-0.25, -0.2) is 14.8 Å². The molecule has 2 heterocycles. The minimum atomic E-state index is -1.19. The van der Waals surface area contributed by atoms with Crippen LogP contribution in [0.5, 0.6) is 0 Å². The van der Waals surface area contributed by atoms with Gasteiger partial charge in [0.15, 0.2) is 0 Å². The van der Waals surface area contributed by atoms with Gasteiger partial charge in [-0.1, -0.05) is 41.5 Å². The highest BCUT2D eigenvalue weighted by Gasteiger charge is 2.39. The van der Waals surface area contributed by atoms with E-state index in [1.807, 2.05) is 34.6 Å². The van der Waals surface area contributed by atoms with Gasteiger partial charge in [0.05, 0.1) is 12.0 Å². The fourth-order valence-corrected chi connectivity index (χ4v) is 4.53. The van der Waals surface area contributed by atoms with Crippen molar-refractivity contribution in [2.45, 2.75) is 59.4 Å². The van der Waals surface area contributed by atoms with E-state index in [1.165, 1.54) is 6.20 Å². The molecule has 1 aromatic heterocycles. The number of nitrogens with zero attached hydrogens (tertiary/aromatic N) is 4. The van der Waals surface area contributed by atoms with E-state index in [0.29, 0.717) is 30.3 Å². The molecule has 1 aliphatic heterocycles. The Morgan fingerprint density at radius 3 is 2.49 bits per heavy atom. The Labute approximate surface area is 211 Å². The highest BCUT2D eigenvalue weighted by atomic mass is 32.2. The smallest absolute Gasteiger partial charge is 0.407 e. The summed E-state index contributed by atoms with van der Waals surface area (Å²) >= 11 is 1.78. The number of piperidine rings is 1. The van der Waals surface area contributed by atoms with Gasteiger partial charge in [0.2, 0.25) is 0 Å². The SMILES string of the molecule is CCSCCNc1nc(C(C)(C)C)ncc1C(=O)N(CC(C)C)[C@H]1C[C@@H](C(=O)O)CN(C(=O)O)C1. The van der Waals surface area contributed by atoms with Crippen molar-refractivity contribution in [1.29, 1.82) is 0 Å². The largest absolute Gasteiger partial charge is 0.481 e. The van der Waals surface area contributed by atoms with E-state index in [9.17, 15) is 24.6 Å². The summed E-state index contributed by atoms with van der Waals surface area (Å²) in [7, 11) is 0. The molecule has 1 aliphatic rings. The molecule has 0 aromatic carbocycles. The maximum atomic E-state index is 13.9. The molecule has 2 rings (SSSR count). The predicted molar refractivity (Wildman–Crippen MR) is 137 cm³/mol. The van der Waals surface area contributed by atoms with Crippen LogP contribution in [0.3, 0.4) is 0 Å². The molecule has 3 N–H and O–H groups in total. The summed E-state index contributed by atoms with van der Waals surface area (Å²) in [5.74, 6) is 0.712. The Hall–Kier alpha value is -2.56. The number of aromatic nitrogens is 2. The summed E-state index contributed by atoms with van der Waals surface area (Å²) in [6, 6.07) is -0.568. The molecule has 0 radical (unpaired) electrons. The van der Waals surface area contributed by atoms with Gasteiger partial charge in [0.25, 0.3) is 5.91 Å². The first-order chi connectivity index (χ1) is 16.3. The van der Waals surface area contributed by atoms with Crippen molar-refractivity contribution in [3.8, 4) is 0 Å². The molecule has 0 aliphatic carbocycles. The lowest BCUT2D eigenvalue weighted by Gasteiger charge is -2.41. The Morgan fingerprint density at radius 1 is 1.26 bits per heavy atom. The number of aliphatic carboxylic acids is 1. The number of carboxylic acids is 1. The fourth-order valence-electron chi connectivity index (χ4n) is 4.00. The Balaban J connectivity index is 2.45. The number of likely N-dealkylation sites (tertiary alicyclic amines) is 1. The molecule has 1 aromatic rings. The van der Waals surface area contributed by atoms with Crippen LogP contribution in [0.1, 0.15) is 64.1 Å². The lowest BCUT2D eigenvalue weighted by Crippen LogP contribution is -2.56. The van der Waals surface area contributed by atoms with Crippen molar-refractivity contribution in [3.63, 3.8) is 0 Å². The maximum absolute atomic E-state index is 13.9. The Kier molecular flexibility index (Phi) is 10.2. The van der Waals surface area contributed by atoms with E-state index in [-0.39, 0.29) is 36.8 Å². The number of amides is 2. The Bertz CT molecular complexity index is 883. The fraction of sp³-hybridized carbons (Fsp3) is 0.708. The minimum absolute atomic E-state index is 0.0639. The van der Waals surface area contributed by atoms with Crippen molar-refractivity contribution >= 4 is 35.5 Å². The normalized spacial score (nSPS) is 18.4. The van der Waals surface area contributed by atoms with Crippen LogP contribution in [0.15, 0.2) is 6.20 Å². The van der Waals surface area contributed by atoms with Gasteiger partial charge in [0.1, 0.15) is 17.2 Å². The van der Waals surface area contributed by atoms with Crippen LogP contribution in [-0.4, -0.2) is 91.7 Å². The zero-order chi connectivity index (χ0) is 26.3. The molecule has 0 saturated carbocycles. The summed E-state index contributed by atoms with van der Waals surface area (Å²) in [5, 5.41) is 22.5. The van der Waals surface area contributed by atoms with E-state index in [1.54, 1.807) is 16.7 Å².